The molecule has 0 bridgehead atoms. The Hall–Kier alpha value is -0.200. The maximum Gasteiger partial charge on any atom is 0.0702 e. The van der Waals surface area contributed by atoms with E-state index in [1.54, 1.807) is 0 Å². The van der Waals surface area contributed by atoms with Gasteiger partial charge in [-0.25, -0.2) is 0 Å². The fourth-order valence-corrected chi connectivity index (χ4v) is 4.06. The van der Waals surface area contributed by atoms with Crippen LogP contribution >= 0.6 is 0 Å². The van der Waals surface area contributed by atoms with Crippen LogP contribution in [-0.2, 0) is 9.47 Å². The van der Waals surface area contributed by atoms with Crippen molar-refractivity contribution in [2.75, 3.05) is 46.1 Å². The summed E-state index contributed by atoms with van der Waals surface area (Å²) in [6.07, 6.45) is 7.81. The molecule has 1 heterocycles. The third-order valence-electron chi connectivity index (χ3n) is 5.06. The minimum atomic E-state index is -0.179. The van der Waals surface area contributed by atoms with Gasteiger partial charge in [-0.2, -0.15) is 0 Å². The van der Waals surface area contributed by atoms with Crippen molar-refractivity contribution in [3.63, 3.8) is 0 Å². The van der Waals surface area contributed by atoms with Crippen LogP contribution in [0.1, 0.15) is 73.1 Å². The summed E-state index contributed by atoms with van der Waals surface area (Å²) in [6, 6.07) is 0. The summed E-state index contributed by atoms with van der Waals surface area (Å²) in [6.45, 7) is 17.2. The molecule has 5 nitrogen and oxygen atoms in total. The monoisotopic (exact) mass is 371 g/mol. The molecule has 0 aromatic carbocycles. The van der Waals surface area contributed by atoms with Crippen LogP contribution in [0.25, 0.3) is 0 Å². The number of unbranched alkanes of at least 4 members (excludes halogenated alkanes) is 2. The van der Waals surface area contributed by atoms with Crippen molar-refractivity contribution in [1.29, 1.82) is 0 Å². The Balaban J connectivity index is 2.64. The lowest BCUT2D eigenvalue weighted by atomic mass is 9.99. The van der Waals surface area contributed by atoms with E-state index in [4.69, 9.17) is 15.2 Å². The van der Waals surface area contributed by atoms with Crippen molar-refractivity contribution in [3.8, 4) is 0 Å². The Morgan fingerprint density at radius 3 is 1.62 bits per heavy atom. The summed E-state index contributed by atoms with van der Waals surface area (Å²) in [7, 11) is 0. The highest BCUT2D eigenvalue weighted by Crippen LogP contribution is 2.18. The van der Waals surface area contributed by atoms with Gasteiger partial charge in [0, 0.05) is 44.9 Å². The molecule has 0 aromatic heterocycles. The molecule has 5 heteroatoms. The van der Waals surface area contributed by atoms with E-state index < -0.39 is 0 Å². The van der Waals surface area contributed by atoms with Gasteiger partial charge in [0.25, 0.3) is 0 Å². The second-order valence-electron chi connectivity index (χ2n) is 8.26. The van der Waals surface area contributed by atoms with Gasteiger partial charge in [0.2, 0.25) is 0 Å². The Bertz CT molecular complexity index is 322. The Labute approximate surface area is 162 Å². The maximum atomic E-state index is 6.59. The van der Waals surface area contributed by atoms with Crippen molar-refractivity contribution >= 4 is 0 Å². The molecule has 0 amide bonds. The molecule has 0 radical (unpaired) electrons. The maximum absolute atomic E-state index is 6.59. The number of nitrogens with two attached hydrogens (primary N) is 1. The van der Waals surface area contributed by atoms with Crippen molar-refractivity contribution in [3.05, 3.63) is 0 Å². The number of rotatable bonds is 14. The lowest BCUT2D eigenvalue weighted by Crippen LogP contribution is -2.64. The van der Waals surface area contributed by atoms with E-state index in [0.29, 0.717) is 12.2 Å². The van der Waals surface area contributed by atoms with E-state index in [-0.39, 0.29) is 5.54 Å². The molecule has 0 spiro atoms. The third-order valence-corrected chi connectivity index (χ3v) is 5.06. The first-order valence-electron chi connectivity index (χ1n) is 10.9. The molecule has 26 heavy (non-hydrogen) atoms. The molecule has 0 saturated carbocycles. The standard InChI is InChI=1S/C21H45N3O2/c1-6-10-12-19(25-8-3)14-23-16-21(5,22)17-24(18-23)15-20(26-9-4)13-11-7-2/h19-20H,6-18,22H2,1-5H3. The van der Waals surface area contributed by atoms with E-state index in [9.17, 15) is 0 Å². The molecule has 2 N–H and O–H groups in total. The minimum Gasteiger partial charge on any atom is -0.377 e. The molecule has 1 saturated heterocycles. The van der Waals surface area contributed by atoms with Gasteiger partial charge in [0.1, 0.15) is 0 Å². The number of ether oxygens (including phenoxy) is 2. The molecule has 156 valence electrons. The third kappa shape index (κ3) is 9.65. The van der Waals surface area contributed by atoms with Gasteiger partial charge in [-0.3, -0.25) is 9.80 Å². The summed E-state index contributed by atoms with van der Waals surface area (Å²) in [4.78, 5) is 4.98. The van der Waals surface area contributed by atoms with Crippen LogP contribution in [-0.4, -0.2) is 73.6 Å². The van der Waals surface area contributed by atoms with Crippen molar-refractivity contribution in [2.24, 2.45) is 5.73 Å². The number of nitrogens with zero attached hydrogens (tertiary/aromatic N) is 2. The van der Waals surface area contributed by atoms with Crippen molar-refractivity contribution < 1.29 is 9.47 Å². The molecule has 0 aromatic rings. The van der Waals surface area contributed by atoms with Crippen LogP contribution < -0.4 is 5.73 Å². The first-order chi connectivity index (χ1) is 12.4. The average molecular weight is 372 g/mol. The molecule has 2 unspecified atom stereocenters. The van der Waals surface area contributed by atoms with E-state index in [1.165, 1.54) is 25.7 Å². The second kappa shape index (κ2) is 13.1. The summed E-state index contributed by atoms with van der Waals surface area (Å²) in [5, 5.41) is 0. The molecule has 1 fully saturated rings. The predicted molar refractivity (Wildman–Crippen MR) is 110 cm³/mol. The summed E-state index contributed by atoms with van der Waals surface area (Å²) < 4.78 is 12.0. The van der Waals surface area contributed by atoms with E-state index in [1.807, 2.05) is 0 Å². The largest absolute Gasteiger partial charge is 0.377 e. The molecular formula is C21H45N3O2. The quantitative estimate of drug-likeness (QED) is 0.507. The van der Waals surface area contributed by atoms with E-state index >= 15 is 0 Å². The first-order valence-corrected chi connectivity index (χ1v) is 10.9. The zero-order valence-electron chi connectivity index (χ0n) is 18.1. The highest BCUT2D eigenvalue weighted by atomic mass is 16.5. The number of hydrogen-bond donors (Lipinski definition) is 1. The molecule has 0 aliphatic carbocycles. The summed E-state index contributed by atoms with van der Waals surface area (Å²) in [5.41, 5.74) is 6.41. The van der Waals surface area contributed by atoms with E-state index in [0.717, 1.165) is 58.9 Å². The molecule has 2 atom stereocenters. The Morgan fingerprint density at radius 2 is 1.27 bits per heavy atom. The zero-order valence-corrected chi connectivity index (χ0v) is 18.1. The normalized spacial score (nSPS) is 24.7. The highest BCUT2D eigenvalue weighted by Gasteiger charge is 2.33. The topological polar surface area (TPSA) is 51.0 Å². The Kier molecular flexibility index (Phi) is 12.0. The molecule has 1 rings (SSSR count). The smallest absolute Gasteiger partial charge is 0.0702 e. The molecule has 1 aliphatic heterocycles. The van der Waals surface area contributed by atoms with Gasteiger partial charge < -0.3 is 15.2 Å². The van der Waals surface area contributed by atoms with Gasteiger partial charge >= 0.3 is 0 Å². The lowest BCUT2D eigenvalue weighted by molar-refractivity contribution is -0.0413. The van der Waals surface area contributed by atoms with Crippen LogP contribution in [0.4, 0.5) is 0 Å². The van der Waals surface area contributed by atoms with Crippen molar-refractivity contribution in [1.82, 2.24) is 9.80 Å². The van der Waals surface area contributed by atoms with Gasteiger partial charge in [-0.15, -0.1) is 0 Å². The van der Waals surface area contributed by atoms with Crippen molar-refractivity contribution in [2.45, 2.75) is 90.9 Å². The second-order valence-corrected chi connectivity index (χ2v) is 8.26. The van der Waals surface area contributed by atoms with Gasteiger partial charge in [-0.05, 0) is 33.6 Å². The fraction of sp³-hybridized carbons (Fsp3) is 1.00. The summed E-state index contributed by atoms with van der Waals surface area (Å²) in [5.74, 6) is 0. The SMILES string of the molecule is CCCCC(CN1CN(CC(CCCC)OCC)CC(C)(N)C1)OCC. The van der Waals surface area contributed by atoms with Crippen LogP contribution in [0, 0.1) is 0 Å². The highest BCUT2D eigenvalue weighted by molar-refractivity contribution is 4.92. The minimum absolute atomic E-state index is 0.179. The van der Waals surface area contributed by atoms with Crippen LogP contribution in [0.5, 0.6) is 0 Å². The number of hydrogen-bond acceptors (Lipinski definition) is 5. The van der Waals surface area contributed by atoms with Crippen LogP contribution in [0.3, 0.4) is 0 Å². The fourth-order valence-electron chi connectivity index (χ4n) is 4.06. The summed E-state index contributed by atoms with van der Waals surface area (Å²) >= 11 is 0. The van der Waals surface area contributed by atoms with Gasteiger partial charge in [-0.1, -0.05) is 39.5 Å². The lowest BCUT2D eigenvalue weighted by Gasteiger charge is -2.46. The van der Waals surface area contributed by atoms with Crippen LogP contribution in [0.2, 0.25) is 0 Å². The van der Waals surface area contributed by atoms with E-state index in [2.05, 4.69) is 44.4 Å². The Morgan fingerprint density at radius 1 is 0.846 bits per heavy atom. The van der Waals surface area contributed by atoms with Crippen LogP contribution in [0.15, 0.2) is 0 Å². The predicted octanol–water partition coefficient (Wildman–Crippen LogP) is 3.47. The first kappa shape index (κ1) is 23.8. The van der Waals surface area contributed by atoms with Gasteiger partial charge in [0.15, 0.2) is 0 Å². The molecular weight excluding hydrogens is 326 g/mol. The zero-order chi connectivity index (χ0) is 19.4. The molecule has 1 aliphatic rings. The van der Waals surface area contributed by atoms with Gasteiger partial charge in [0.05, 0.1) is 18.9 Å². The average Bonchev–Trinajstić information content (AvgIpc) is 2.56.